The van der Waals surface area contributed by atoms with Crippen molar-refractivity contribution in [2.24, 2.45) is 0 Å². The van der Waals surface area contributed by atoms with E-state index < -0.39 is 5.60 Å². The van der Waals surface area contributed by atoms with Crippen molar-refractivity contribution in [2.75, 3.05) is 0 Å². The number of aromatic hydroxyl groups is 1. The SMILES string of the molecule is Cc1c(Cl)cc(C(C)C)c(O)c1CC1(O)CC1. The first kappa shape index (κ1) is 12.7. The smallest absolute Gasteiger partial charge is 0.122 e. The van der Waals surface area contributed by atoms with Gasteiger partial charge in [0, 0.05) is 17.0 Å². The van der Waals surface area contributed by atoms with E-state index in [4.69, 9.17) is 11.6 Å². The van der Waals surface area contributed by atoms with Crippen molar-refractivity contribution in [1.29, 1.82) is 0 Å². The molecule has 1 fully saturated rings. The topological polar surface area (TPSA) is 40.5 Å². The molecule has 1 saturated carbocycles. The summed E-state index contributed by atoms with van der Waals surface area (Å²) in [5.74, 6) is 0.530. The molecule has 1 aliphatic carbocycles. The van der Waals surface area contributed by atoms with Crippen molar-refractivity contribution < 1.29 is 10.2 Å². The predicted octanol–water partition coefficient (Wildman–Crippen LogP) is 3.54. The molecule has 2 rings (SSSR count). The average Bonchev–Trinajstić information content (AvgIpc) is 2.97. The molecule has 3 heteroatoms. The third kappa shape index (κ3) is 2.43. The van der Waals surface area contributed by atoms with Gasteiger partial charge in [0.15, 0.2) is 0 Å². The monoisotopic (exact) mass is 254 g/mol. The standard InChI is InChI=1S/C14H19ClO2/c1-8(2)10-6-12(15)9(3)11(13(10)16)7-14(17)4-5-14/h6,8,16-17H,4-5,7H2,1-3H3. The summed E-state index contributed by atoms with van der Waals surface area (Å²) in [6.45, 7) is 5.94. The minimum absolute atomic E-state index is 0.223. The molecule has 17 heavy (non-hydrogen) atoms. The van der Waals surface area contributed by atoms with Crippen LogP contribution in [0.5, 0.6) is 5.75 Å². The van der Waals surface area contributed by atoms with Crippen molar-refractivity contribution >= 4 is 11.6 Å². The van der Waals surface area contributed by atoms with Crippen LogP contribution in [-0.4, -0.2) is 15.8 Å². The van der Waals surface area contributed by atoms with E-state index in [0.29, 0.717) is 17.2 Å². The molecule has 0 heterocycles. The first-order valence-corrected chi connectivity index (χ1v) is 6.45. The van der Waals surface area contributed by atoms with E-state index in [-0.39, 0.29) is 5.92 Å². The van der Waals surface area contributed by atoms with Gasteiger partial charge >= 0.3 is 0 Å². The van der Waals surface area contributed by atoms with Gasteiger partial charge in [0.1, 0.15) is 5.75 Å². The zero-order valence-corrected chi connectivity index (χ0v) is 11.3. The van der Waals surface area contributed by atoms with Crippen molar-refractivity contribution in [2.45, 2.75) is 51.6 Å². The summed E-state index contributed by atoms with van der Waals surface area (Å²) in [6.07, 6.45) is 2.13. The molecular weight excluding hydrogens is 236 g/mol. The number of hydrogen-bond donors (Lipinski definition) is 2. The Morgan fingerprint density at radius 2 is 2.00 bits per heavy atom. The Morgan fingerprint density at radius 3 is 2.47 bits per heavy atom. The molecule has 0 saturated heterocycles. The maximum Gasteiger partial charge on any atom is 0.122 e. The van der Waals surface area contributed by atoms with Crippen LogP contribution in [0.3, 0.4) is 0 Å². The number of aliphatic hydroxyl groups is 1. The maximum atomic E-state index is 10.3. The Hall–Kier alpha value is -0.730. The fraction of sp³-hybridized carbons (Fsp3) is 0.571. The maximum absolute atomic E-state index is 10.3. The molecule has 94 valence electrons. The predicted molar refractivity (Wildman–Crippen MR) is 69.8 cm³/mol. The van der Waals surface area contributed by atoms with Crippen LogP contribution in [0.25, 0.3) is 0 Å². The molecule has 0 atom stereocenters. The van der Waals surface area contributed by atoms with E-state index in [0.717, 1.165) is 29.5 Å². The number of phenols is 1. The fourth-order valence-corrected chi connectivity index (χ4v) is 2.35. The third-order valence-electron chi connectivity index (χ3n) is 3.61. The van der Waals surface area contributed by atoms with Crippen LogP contribution in [0.15, 0.2) is 6.07 Å². The van der Waals surface area contributed by atoms with E-state index in [1.807, 2.05) is 26.8 Å². The van der Waals surface area contributed by atoms with E-state index >= 15 is 0 Å². The van der Waals surface area contributed by atoms with Crippen molar-refractivity contribution in [1.82, 2.24) is 0 Å². The van der Waals surface area contributed by atoms with Gasteiger partial charge in [-0.25, -0.2) is 0 Å². The highest BCUT2D eigenvalue weighted by atomic mass is 35.5. The highest BCUT2D eigenvalue weighted by Gasteiger charge is 2.41. The minimum atomic E-state index is -0.610. The van der Waals surface area contributed by atoms with Crippen LogP contribution in [0, 0.1) is 6.92 Å². The van der Waals surface area contributed by atoms with E-state index in [9.17, 15) is 10.2 Å². The van der Waals surface area contributed by atoms with Gasteiger partial charge in [-0.2, -0.15) is 0 Å². The normalized spacial score (nSPS) is 17.5. The molecule has 0 aliphatic heterocycles. The Labute approximate surface area is 107 Å². The highest BCUT2D eigenvalue weighted by Crippen LogP contribution is 2.43. The molecule has 0 radical (unpaired) electrons. The van der Waals surface area contributed by atoms with Gasteiger partial charge in [-0.05, 0) is 42.9 Å². The molecule has 0 unspecified atom stereocenters. The van der Waals surface area contributed by atoms with Crippen LogP contribution in [0.4, 0.5) is 0 Å². The lowest BCUT2D eigenvalue weighted by Gasteiger charge is -2.18. The molecule has 1 aromatic carbocycles. The Morgan fingerprint density at radius 1 is 1.41 bits per heavy atom. The second-order valence-electron chi connectivity index (χ2n) is 5.46. The fourth-order valence-electron chi connectivity index (χ4n) is 2.12. The highest BCUT2D eigenvalue weighted by molar-refractivity contribution is 6.31. The van der Waals surface area contributed by atoms with Crippen LogP contribution in [0.1, 0.15) is 49.3 Å². The second kappa shape index (κ2) is 4.18. The molecular formula is C14H19ClO2. The van der Waals surface area contributed by atoms with Crippen LogP contribution in [-0.2, 0) is 6.42 Å². The average molecular weight is 255 g/mol. The number of hydrogen-bond acceptors (Lipinski definition) is 2. The van der Waals surface area contributed by atoms with E-state index in [2.05, 4.69) is 0 Å². The second-order valence-corrected chi connectivity index (χ2v) is 5.86. The van der Waals surface area contributed by atoms with Gasteiger partial charge in [-0.1, -0.05) is 25.4 Å². The lowest BCUT2D eigenvalue weighted by molar-refractivity contribution is 0.149. The van der Waals surface area contributed by atoms with Gasteiger partial charge in [-0.3, -0.25) is 0 Å². The summed E-state index contributed by atoms with van der Waals surface area (Å²) >= 11 is 6.19. The van der Waals surface area contributed by atoms with Gasteiger partial charge in [-0.15, -0.1) is 0 Å². The number of benzene rings is 1. The number of halogens is 1. The minimum Gasteiger partial charge on any atom is -0.507 e. The van der Waals surface area contributed by atoms with Gasteiger partial charge in [0.25, 0.3) is 0 Å². The molecule has 0 spiro atoms. The first-order chi connectivity index (χ1) is 7.84. The zero-order valence-electron chi connectivity index (χ0n) is 10.5. The van der Waals surface area contributed by atoms with E-state index in [1.54, 1.807) is 0 Å². The Bertz CT molecular complexity index is 448. The van der Waals surface area contributed by atoms with E-state index in [1.165, 1.54) is 0 Å². The molecule has 1 aromatic rings. The Kier molecular flexibility index (Phi) is 3.13. The van der Waals surface area contributed by atoms with Crippen LogP contribution >= 0.6 is 11.6 Å². The molecule has 0 bridgehead atoms. The lowest BCUT2D eigenvalue weighted by atomic mass is 9.92. The number of phenolic OH excluding ortho intramolecular Hbond substituents is 1. The summed E-state index contributed by atoms with van der Waals surface area (Å²) < 4.78 is 0. The summed E-state index contributed by atoms with van der Waals surface area (Å²) in [5, 5.41) is 21.0. The first-order valence-electron chi connectivity index (χ1n) is 6.07. The molecule has 1 aliphatic rings. The zero-order chi connectivity index (χ0) is 12.8. The summed E-state index contributed by atoms with van der Waals surface area (Å²) in [6, 6.07) is 1.83. The summed E-state index contributed by atoms with van der Waals surface area (Å²) in [5.41, 5.74) is 1.94. The van der Waals surface area contributed by atoms with Crippen LogP contribution < -0.4 is 0 Å². The Balaban J connectivity index is 2.48. The molecule has 2 N–H and O–H groups in total. The lowest BCUT2D eigenvalue weighted by Crippen LogP contribution is -2.13. The summed E-state index contributed by atoms with van der Waals surface area (Å²) in [4.78, 5) is 0. The van der Waals surface area contributed by atoms with Crippen LogP contribution in [0.2, 0.25) is 5.02 Å². The van der Waals surface area contributed by atoms with Gasteiger partial charge in [0.2, 0.25) is 0 Å². The van der Waals surface area contributed by atoms with Crippen molar-refractivity contribution in [3.63, 3.8) is 0 Å². The van der Waals surface area contributed by atoms with Crippen molar-refractivity contribution in [3.05, 3.63) is 27.8 Å². The molecule has 2 nitrogen and oxygen atoms in total. The number of rotatable bonds is 3. The van der Waals surface area contributed by atoms with Gasteiger partial charge in [0.05, 0.1) is 5.60 Å². The molecule has 0 amide bonds. The largest absolute Gasteiger partial charge is 0.507 e. The quantitative estimate of drug-likeness (QED) is 0.866. The van der Waals surface area contributed by atoms with Crippen molar-refractivity contribution in [3.8, 4) is 5.75 Å². The van der Waals surface area contributed by atoms with Gasteiger partial charge < -0.3 is 10.2 Å². The molecule has 0 aromatic heterocycles. The third-order valence-corrected chi connectivity index (χ3v) is 4.00. The summed E-state index contributed by atoms with van der Waals surface area (Å²) in [7, 11) is 0.